The standard InChI is InChI=1S/C18H22N4O2/c1-13-9-14(2)11-15(10-13)21-18(23)22-8-3-5-16(12-22)24-17-19-6-4-7-20-17/h4,6-7,9-11,16H,3,5,8,12H2,1-2H3,(H,21,23). The number of carbonyl (C=O) groups excluding carboxylic acids is 1. The van der Waals surface area contributed by atoms with E-state index in [2.05, 4.69) is 21.4 Å². The highest BCUT2D eigenvalue weighted by Crippen LogP contribution is 2.18. The molecule has 0 spiro atoms. The van der Waals surface area contributed by atoms with E-state index in [-0.39, 0.29) is 12.1 Å². The maximum absolute atomic E-state index is 12.5. The van der Waals surface area contributed by atoms with Crippen LogP contribution in [0.3, 0.4) is 0 Å². The number of aromatic nitrogens is 2. The quantitative estimate of drug-likeness (QED) is 0.941. The van der Waals surface area contributed by atoms with Crippen LogP contribution in [0.2, 0.25) is 0 Å². The molecular formula is C18H22N4O2. The molecule has 1 aromatic heterocycles. The van der Waals surface area contributed by atoms with Crippen LogP contribution >= 0.6 is 0 Å². The third kappa shape index (κ3) is 4.22. The van der Waals surface area contributed by atoms with E-state index in [1.54, 1.807) is 23.4 Å². The summed E-state index contributed by atoms with van der Waals surface area (Å²) in [6.45, 7) is 5.31. The third-order valence-corrected chi connectivity index (χ3v) is 3.95. The van der Waals surface area contributed by atoms with Crippen LogP contribution in [0.4, 0.5) is 10.5 Å². The van der Waals surface area contributed by atoms with Crippen LogP contribution in [-0.4, -0.2) is 40.1 Å². The Balaban J connectivity index is 1.60. The summed E-state index contributed by atoms with van der Waals surface area (Å²) in [5.74, 6) is 0. The van der Waals surface area contributed by atoms with Crippen molar-refractivity contribution in [2.45, 2.75) is 32.8 Å². The zero-order valence-electron chi connectivity index (χ0n) is 14.0. The fourth-order valence-electron chi connectivity index (χ4n) is 2.96. The Labute approximate surface area is 141 Å². The zero-order chi connectivity index (χ0) is 16.9. The second-order valence-electron chi connectivity index (χ2n) is 6.17. The number of urea groups is 1. The van der Waals surface area contributed by atoms with Crippen molar-refractivity contribution in [1.29, 1.82) is 0 Å². The largest absolute Gasteiger partial charge is 0.458 e. The fourth-order valence-corrected chi connectivity index (χ4v) is 2.96. The predicted molar refractivity (Wildman–Crippen MR) is 92.2 cm³/mol. The molecule has 1 atom stereocenters. The first-order valence-electron chi connectivity index (χ1n) is 8.18. The molecule has 6 nitrogen and oxygen atoms in total. The maximum atomic E-state index is 12.5. The van der Waals surface area contributed by atoms with Gasteiger partial charge in [-0.15, -0.1) is 0 Å². The minimum atomic E-state index is -0.0951. The predicted octanol–water partition coefficient (Wildman–Crippen LogP) is 3.17. The Bertz CT molecular complexity index is 685. The average Bonchev–Trinajstić information content (AvgIpc) is 2.55. The Morgan fingerprint density at radius 1 is 1.21 bits per heavy atom. The highest BCUT2D eigenvalue weighted by Gasteiger charge is 2.25. The molecular weight excluding hydrogens is 304 g/mol. The summed E-state index contributed by atoms with van der Waals surface area (Å²) in [4.78, 5) is 22.5. The second-order valence-corrected chi connectivity index (χ2v) is 6.17. The SMILES string of the molecule is Cc1cc(C)cc(NC(=O)N2CCCC(Oc3ncccn3)C2)c1. The van der Waals surface area contributed by atoms with E-state index in [0.717, 1.165) is 36.2 Å². The van der Waals surface area contributed by atoms with Gasteiger partial charge in [-0.25, -0.2) is 14.8 Å². The molecule has 126 valence electrons. The van der Waals surface area contributed by atoms with Crippen LogP contribution < -0.4 is 10.1 Å². The van der Waals surface area contributed by atoms with Crippen molar-refractivity contribution in [3.63, 3.8) is 0 Å². The van der Waals surface area contributed by atoms with E-state index < -0.39 is 0 Å². The van der Waals surface area contributed by atoms with E-state index in [1.807, 2.05) is 26.0 Å². The molecule has 3 rings (SSSR count). The number of ether oxygens (including phenoxy) is 1. The molecule has 6 heteroatoms. The van der Waals surface area contributed by atoms with E-state index >= 15 is 0 Å². The minimum Gasteiger partial charge on any atom is -0.458 e. The molecule has 1 unspecified atom stereocenters. The Kier molecular flexibility index (Phi) is 4.93. The Morgan fingerprint density at radius 2 is 1.92 bits per heavy atom. The topological polar surface area (TPSA) is 67.4 Å². The summed E-state index contributed by atoms with van der Waals surface area (Å²) in [6.07, 6.45) is 5.01. The van der Waals surface area contributed by atoms with Gasteiger partial charge in [-0.05, 0) is 56.0 Å². The van der Waals surface area contributed by atoms with Crippen LogP contribution in [0.1, 0.15) is 24.0 Å². The lowest BCUT2D eigenvalue weighted by atomic mass is 10.1. The van der Waals surface area contributed by atoms with Gasteiger partial charge in [-0.1, -0.05) is 6.07 Å². The molecule has 2 aromatic rings. The van der Waals surface area contributed by atoms with Crippen LogP contribution in [0.15, 0.2) is 36.7 Å². The molecule has 1 aliphatic rings. The van der Waals surface area contributed by atoms with Crippen LogP contribution in [0.5, 0.6) is 6.01 Å². The minimum absolute atomic E-state index is 0.0776. The van der Waals surface area contributed by atoms with Crippen LogP contribution in [0.25, 0.3) is 0 Å². The van der Waals surface area contributed by atoms with Gasteiger partial charge in [0.1, 0.15) is 6.10 Å². The van der Waals surface area contributed by atoms with E-state index in [9.17, 15) is 4.79 Å². The van der Waals surface area contributed by atoms with Crippen LogP contribution in [0, 0.1) is 13.8 Å². The molecule has 24 heavy (non-hydrogen) atoms. The van der Waals surface area contributed by atoms with Crippen molar-refractivity contribution in [3.8, 4) is 6.01 Å². The highest BCUT2D eigenvalue weighted by molar-refractivity contribution is 5.89. The number of carbonyl (C=O) groups is 1. The van der Waals surface area contributed by atoms with Gasteiger partial charge < -0.3 is 15.0 Å². The van der Waals surface area contributed by atoms with Crippen molar-refractivity contribution in [3.05, 3.63) is 47.8 Å². The number of hydrogen-bond donors (Lipinski definition) is 1. The summed E-state index contributed by atoms with van der Waals surface area (Å²) >= 11 is 0. The molecule has 1 saturated heterocycles. The van der Waals surface area contributed by atoms with Gasteiger partial charge in [0, 0.05) is 24.6 Å². The molecule has 1 aliphatic heterocycles. The molecule has 1 aromatic carbocycles. The average molecular weight is 326 g/mol. The first kappa shape index (κ1) is 16.2. The van der Waals surface area contributed by atoms with Gasteiger partial charge in [-0.3, -0.25) is 0 Å². The summed E-state index contributed by atoms with van der Waals surface area (Å²) in [6, 6.07) is 8.04. The number of piperidine rings is 1. The monoisotopic (exact) mass is 326 g/mol. The lowest BCUT2D eigenvalue weighted by molar-refractivity contribution is 0.0983. The molecule has 2 heterocycles. The fraction of sp³-hybridized carbons (Fsp3) is 0.389. The summed E-state index contributed by atoms with van der Waals surface area (Å²) in [7, 11) is 0. The Morgan fingerprint density at radius 3 is 2.62 bits per heavy atom. The van der Waals surface area contributed by atoms with E-state index in [0.29, 0.717) is 12.6 Å². The zero-order valence-corrected chi connectivity index (χ0v) is 14.0. The van der Waals surface area contributed by atoms with Crippen molar-refractivity contribution in [2.24, 2.45) is 0 Å². The molecule has 1 N–H and O–H groups in total. The first-order chi connectivity index (χ1) is 11.6. The highest BCUT2D eigenvalue weighted by atomic mass is 16.5. The van der Waals surface area contributed by atoms with Gasteiger partial charge >= 0.3 is 12.0 Å². The molecule has 0 radical (unpaired) electrons. The summed E-state index contributed by atoms with van der Waals surface area (Å²) in [5.41, 5.74) is 3.09. The lowest BCUT2D eigenvalue weighted by Crippen LogP contribution is -2.46. The van der Waals surface area contributed by atoms with Crippen LogP contribution in [-0.2, 0) is 0 Å². The van der Waals surface area contributed by atoms with Gasteiger partial charge in [0.05, 0.1) is 6.54 Å². The number of aryl methyl sites for hydroxylation is 2. The molecule has 2 amide bonds. The maximum Gasteiger partial charge on any atom is 0.321 e. The molecule has 1 fully saturated rings. The number of nitrogens with zero attached hydrogens (tertiary/aromatic N) is 3. The molecule has 0 aliphatic carbocycles. The third-order valence-electron chi connectivity index (χ3n) is 3.95. The van der Waals surface area contributed by atoms with Crippen molar-refractivity contribution in [1.82, 2.24) is 14.9 Å². The number of benzene rings is 1. The van der Waals surface area contributed by atoms with Crippen molar-refractivity contribution >= 4 is 11.7 Å². The molecule has 0 bridgehead atoms. The number of nitrogens with one attached hydrogen (secondary N) is 1. The smallest absolute Gasteiger partial charge is 0.321 e. The van der Waals surface area contributed by atoms with Gasteiger partial charge in [0.25, 0.3) is 0 Å². The second kappa shape index (κ2) is 7.29. The number of anilines is 1. The number of likely N-dealkylation sites (tertiary alicyclic amines) is 1. The first-order valence-corrected chi connectivity index (χ1v) is 8.18. The van der Waals surface area contributed by atoms with E-state index in [4.69, 9.17) is 4.74 Å². The molecule has 0 saturated carbocycles. The van der Waals surface area contributed by atoms with Gasteiger partial charge in [-0.2, -0.15) is 0 Å². The number of amides is 2. The summed E-state index contributed by atoms with van der Waals surface area (Å²) in [5, 5.41) is 2.98. The van der Waals surface area contributed by atoms with E-state index in [1.165, 1.54) is 0 Å². The lowest BCUT2D eigenvalue weighted by Gasteiger charge is -2.32. The van der Waals surface area contributed by atoms with Crippen molar-refractivity contribution < 1.29 is 9.53 Å². The number of hydrogen-bond acceptors (Lipinski definition) is 4. The summed E-state index contributed by atoms with van der Waals surface area (Å²) < 4.78 is 5.78. The van der Waals surface area contributed by atoms with Gasteiger partial charge in [0.15, 0.2) is 0 Å². The number of rotatable bonds is 3. The Hall–Kier alpha value is -2.63. The van der Waals surface area contributed by atoms with Crippen molar-refractivity contribution in [2.75, 3.05) is 18.4 Å². The normalized spacial score (nSPS) is 17.4. The van der Waals surface area contributed by atoms with Gasteiger partial charge in [0.2, 0.25) is 0 Å².